The smallest absolute Gasteiger partial charge is 0.225 e. The van der Waals surface area contributed by atoms with Crippen LogP contribution in [0, 0.1) is 5.92 Å². The largest absolute Gasteiger partial charge is 0.342 e. The number of amides is 1. The molecule has 1 amide bonds. The standard InChI is InChI=1S/C13H25N3O.2ClH/c1-15-9-5-12(6-10-15)16(2)13(17)11-3-7-14-8-4-11;;/h11-12,14H,3-10H2,1-2H3;2*1H. The third-order valence-corrected chi connectivity index (χ3v) is 4.27. The monoisotopic (exact) mass is 311 g/mol. The van der Waals surface area contributed by atoms with Gasteiger partial charge in [-0.05, 0) is 58.9 Å². The number of likely N-dealkylation sites (tertiary alicyclic amines) is 1. The maximum Gasteiger partial charge on any atom is 0.225 e. The van der Waals surface area contributed by atoms with Crippen LogP contribution in [0.1, 0.15) is 25.7 Å². The van der Waals surface area contributed by atoms with Gasteiger partial charge in [-0.2, -0.15) is 0 Å². The molecule has 2 aliphatic heterocycles. The summed E-state index contributed by atoms with van der Waals surface area (Å²) < 4.78 is 0. The zero-order valence-electron chi connectivity index (χ0n) is 11.9. The highest BCUT2D eigenvalue weighted by atomic mass is 35.5. The van der Waals surface area contributed by atoms with Crippen LogP contribution in [-0.2, 0) is 4.79 Å². The van der Waals surface area contributed by atoms with E-state index in [2.05, 4.69) is 17.3 Å². The minimum absolute atomic E-state index is 0. The summed E-state index contributed by atoms with van der Waals surface area (Å²) in [6.45, 7) is 4.23. The zero-order valence-corrected chi connectivity index (χ0v) is 13.6. The van der Waals surface area contributed by atoms with Gasteiger partial charge in [0.1, 0.15) is 0 Å². The fourth-order valence-corrected chi connectivity index (χ4v) is 2.92. The van der Waals surface area contributed by atoms with E-state index in [0.29, 0.717) is 11.9 Å². The molecule has 0 aliphatic carbocycles. The molecule has 0 bridgehead atoms. The first kappa shape index (κ1) is 19.0. The van der Waals surface area contributed by atoms with Crippen LogP contribution >= 0.6 is 24.8 Å². The Balaban J connectivity index is 0.00000162. The molecule has 2 saturated heterocycles. The Bertz CT molecular complexity index is 265. The molecule has 114 valence electrons. The van der Waals surface area contributed by atoms with Crippen LogP contribution in [0.4, 0.5) is 0 Å². The van der Waals surface area contributed by atoms with E-state index in [1.54, 1.807) is 0 Å². The first-order chi connectivity index (χ1) is 8.18. The van der Waals surface area contributed by atoms with Crippen molar-refractivity contribution in [2.45, 2.75) is 31.7 Å². The van der Waals surface area contributed by atoms with Gasteiger partial charge >= 0.3 is 0 Å². The van der Waals surface area contributed by atoms with Crippen molar-refractivity contribution < 1.29 is 4.79 Å². The Labute approximate surface area is 129 Å². The van der Waals surface area contributed by atoms with Gasteiger partial charge in [-0.15, -0.1) is 24.8 Å². The van der Waals surface area contributed by atoms with E-state index in [0.717, 1.165) is 51.9 Å². The van der Waals surface area contributed by atoms with E-state index in [9.17, 15) is 4.79 Å². The molecule has 0 radical (unpaired) electrons. The Hall–Kier alpha value is -0.0300. The minimum atomic E-state index is 0. The van der Waals surface area contributed by atoms with Gasteiger partial charge in [-0.25, -0.2) is 0 Å². The molecule has 1 N–H and O–H groups in total. The van der Waals surface area contributed by atoms with Crippen LogP contribution in [-0.4, -0.2) is 62.0 Å². The molecule has 2 rings (SSSR count). The Morgan fingerprint density at radius 3 is 2.16 bits per heavy atom. The van der Waals surface area contributed by atoms with E-state index in [1.807, 2.05) is 11.9 Å². The molecule has 4 nitrogen and oxygen atoms in total. The van der Waals surface area contributed by atoms with Gasteiger partial charge < -0.3 is 15.1 Å². The molecular formula is C13H27Cl2N3O. The third-order valence-electron chi connectivity index (χ3n) is 4.27. The van der Waals surface area contributed by atoms with Gasteiger partial charge in [0.15, 0.2) is 0 Å². The van der Waals surface area contributed by atoms with E-state index >= 15 is 0 Å². The molecule has 6 heteroatoms. The fraction of sp³-hybridized carbons (Fsp3) is 0.923. The van der Waals surface area contributed by atoms with Gasteiger partial charge in [0.25, 0.3) is 0 Å². The number of halogens is 2. The lowest BCUT2D eigenvalue weighted by molar-refractivity contribution is -0.138. The summed E-state index contributed by atoms with van der Waals surface area (Å²) in [5, 5.41) is 3.32. The fourth-order valence-electron chi connectivity index (χ4n) is 2.92. The minimum Gasteiger partial charge on any atom is -0.342 e. The Morgan fingerprint density at radius 1 is 1.11 bits per heavy atom. The Morgan fingerprint density at radius 2 is 1.63 bits per heavy atom. The van der Waals surface area contributed by atoms with Crippen LogP contribution in [0.3, 0.4) is 0 Å². The summed E-state index contributed by atoms with van der Waals surface area (Å²) in [7, 11) is 4.16. The van der Waals surface area contributed by atoms with Crippen molar-refractivity contribution in [2.75, 3.05) is 40.3 Å². The van der Waals surface area contributed by atoms with E-state index in [4.69, 9.17) is 0 Å². The van der Waals surface area contributed by atoms with Crippen molar-refractivity contribution in [3.8, 4) is 0 Å². The second-order valence-corrected chi connectivity index (χ2v) is 5.51. The second-order valence-electron chi connectivity index (χ2n) is 5.51. The Kier molecular flexibility index (Phi) is 8.99. The molecule has 0 aromatic heterocycles. The van der Waals surface area contributed by atoms with E-state index in [-0.39, 0.29) is 30.7 Å². The lowest BCUT2D eigenvalue weighted by Gasteiger charge is -2.37. The van der Waals surface area contributed by atoms with Crippen molar-refractivity contribution >= 4 is 30.7 Å². The molecular weight excluding hydrogens is 285 g/mol. The first-order valence-corrected chi connectivity index (χ1v) is 6.84. The van der Waals surface area contributed by atoms with Crippen molar-refractivity contribution in [1.82, 2.24) is 15.1 Å². The van der Waals surface area contributed by atoms with Crippen LogP contribution in [0.15, 0.2) is 0 Å². The highest BCUT2D eigenvalue weighted by Crippen LogP contribution is 2.20. The number of carbonyl (C=O) groups excluding carboxylic acids is 1. The lowest BCUT2D eigenvalue weighted by atomic mass is 9.94. The number of rotatable bonds is 2. The number of nitrogens with one attached hydrogen (secondary N) is 1. The van der Waals surface area contributed by atoms with Gasteiger partial charge in [0.2, 0.25) is 5.91 Å². The van der Waals surface area contributed by atoms with Gasteiger partial charge in [0, 0.05) is 19.0 Å². The number of hydrogen-bond donors (Lipinski definition) is 1. The van der Waals surface area contributed by atoms with Crippen molar-refractivity contribution in [1.29, 1.82) is 0 Å². The predicted molar refractivity (Wildman–Crippen MR) is 83.4 cm³/mol. The normalized spacial score (nSPS) is 22.2. The third kappa shape index (κ3) is 5.10. The molecule has 0 spiro atoms. The first-order valence-electron chi connectivity index (χ1n) is 6.84. The van der Waals surface area contributed by atoms with Crippen LogP contribution in [0.5, 0.6) is 0 Å². The predicted octanol–water partition coefficient (Wildman–Crippen LogP) is 1.38. The molecule has 0 atom stereocenters. The van der Waals surface area contributed by atoms with Crippen molar-refractivity contribution in [3.63, 3.8) is 0 Å². The van der Waals surface area contributed by atoms with Crippen molar-refractivity contribution in [3.05, 3.63) is 0 Å². The summed E-state index contributed by atoms with van der Waals surface area (Å²) >= 11 is 0. The van der Waals surface area contributed by atoms with Gasteiger partial charge in [0.05, 0.1) is 0 Å². The number of nitrogens with zero attached hydrogens (tertiary/aromatic N) is 2. The molecule has 2 heterocycles. The number of hydrogen-bond acceptors (Lipinski definition) is 3. The molecule has 2 fully saturated rings. The molecule has 0 saturated carbocycles. The average Bonchev–Trinajstić information content (AvgIpc) is 2.39. The molecule has 0 aromatic rings. The van der Waals surface area contributed by atoms with Crippen LogP contribution < -0.4 is 5.32 Å². The van der Waals surface area contributed by atoms with Gasteiger partial charge in [-0.3, -0.25) is 4.79 Å². The van der Waals surface area contributed by atoms with Crippen LogP contribution in [0.2, 0.25) is 0 Å². The zero-order chi connectivity index (χ0) is 12.3. The highest BCUT2D eigenvalue weighted by Gasteiger charge is 2.29. The van der Waals surface area contributed by atoms with E-state index < -0.39 is 0 Å². The topological polar surface area (TPSA) is 35.6 Å². The molecule has 0 unspecified atom stereocenters. The van der Waals surface area contributed by atoms with Crippen LogP contribution in [0.25, 0.3) is 0 Å². The van der Waals surface area contributed by atoms with Crippen molar-refractivity contribution in [2.24, 2.45) is 5.92 Å². The molecule has 0 aromatic carbocycles. The number of carbonyl (C=O) groups is 1. The maximum absolute atomic E-state index is 12.4. The summed E-state index contributed by atoms with van der Waals surface area (Å²) in [6, 6.07) is 0.466. The SMILES string of the molecule is CN1CCC(N(C)C(=O)C2CCNCC2)CC1.Cl.Cl. The molecule has 2 aliphatic rings. The highest BCUT2D eigenvalue weighted by molar-refractivity contribution is 5.85. The summed E-state index contributed by atoms with van der Waals surface area (Å²) in [5.74, 6) is 0.641. The number of piperidine rings is 2. The molecule has 19 heavy (non-hydrogen) atoms. The maximum atomic E-state index is 12.4. The summed E-state index contributed by atoms with van der Waals surface area (Å²) in [4.78, 5) is 16.7. The summed E-state index contributed by atoms with van der Waals surface area (Å²) in [5.41, 5.74) is 0. The average molecular weight is 312 g/mol. The second kappa shape index (κ2) is 9.01. The quantitative estimate of drug-likeness (QED) is 0.837. The van der Waals surface area contributed by atoms with E-state index in [1.165, 1.54) is 0 Å². The van der Waals surface area contributed by atoms with Gasteiger partial charge in [-0.1, -0.05) is 0 Å². The summed E-state index contributed by atoms with van der Waals surface area (Å²) in [6.07, 6.45) is 4.28. The lowest BCUT2D eigenvalue weighted by Crippen LogP contribution is -2.47.